The summed E-state index contributed by atoms with van der Waals surface area (Å²) in [5, 5.41) is 4.48. The van der Waals surface area contributed by atoms with Gasteiger partial charge in [-0.05, 0) is 59.7 Å². The van der Waals surface area contributed by atoms with E-state index in [2.05, 4.69) is 10.5 Å². The number of nitrogens with one attached hydrogen (secondary N) is 1. The average molecular weight is 465 g/mol. The lowest BCUT2D eigenvalue weighted by molar-refractivity contribution is -0.129. The summed E-state index contributed by atoms with van der Waals surface area (Å²) < 4.78 is 16.0. The third kappa shape index (κ3) is 7.83. The second-order valence-electron chi connectivity index (χ2n) is 6.61. The number of ether oxygens (including phenoxy) is 3. The van der Waals surface area contributed by atoms with Crippen LogP contribution in [-0.2, 0) is 9.59 Å². The van der Waals surface area contributed by atoms with Crippen LogP contribution in [-0.4, -0.2) is 31.8 Å². The molecule has 7 nitrogen and oxygen atoms in total. The Morgan fingerprint density at radius 2 is 1.73 bits per heavy atom. The maximum atomic E-state index is 12.1. The fourth-order valence-corrected chi connectivity index (χ4v) is 2.74. The van der Waals surface area contributed by atoms with Gasteiger partial charge in [0.25, 0.3) is 5.91 Å². The molecule has 0 aliphatic heterocycles. The first-order valence-corrected chi connectivity index (χ1v) is 10.2. The summed E-state index contributed by atoms with van der Waals surface area (Å²) in [6, 6.07) is 21.0. The second-order valence-corrected chi connectivity index (χ2v) is 7.05. The van der Waals surface area contributed by atoms with Gasteiger partial charge < -0.3 is 14.2 Å². The molecule has 0 atom stereocenters. The van der Waals surface area contributed by atoms with Crippen LogP contribution in [0.4, 0.5) is 0 Å². The number of carbonyl (C=O) groups is 2. The first-order chi connectivity index (χ1) is 16.0. The molecule has 168 valence electrons. The van der Waals surface area contributed by atoms with Crippen LogP contribution in [0.15, 0.2) is 84.0 Å². The van der Waals surface area contributed by atoms with Crippen LogP contribution in [0, 0.1) is 0 Å². The Morgan fingerprint density at radius 1 is 0.970 bits per heavy atom. The number of rotatable bonds is 9. The Hall–Kier alpha value is -4.10. The monoisotopic (exact) mass is 464 g/mol. The summed E-state index contributed by atoms with van der Waals surface area (Å²) in [6.07, 6.45) is 4.44. The molecule has 0 bridgehead atoms. The van der Waals surface area contributed by atoms with Crippen molar-refractivity contribution >= 4 is 35.8 Å². The molecule has 3 rings (SSSR count). The molecular weight excluding hydrogens is 444 g/mol. The van der Waals surface area contributed by atoms with Gasteiger partial charge in [-0.2, -0.15) is 5.10 Å². The summed E-state index contributed by atoms with van der Waals surface area (Å²) in [4.78, 5) is 24.0. The van der Waals surface area contributed by atoms with E-state index >= 15 is 0 Å². The van der Waals surface area contributed by atoms with Gasteiger partial charge in [0.05, 0.1) is 13.3 Å². The molecule has 3 aromatic rings. The molecule has 0 radical (unpaired) electrons. The van der Waals surface area contributed by atoms with E-state index in [1.165, 1.54) is 19.4 Å². The lowest BCUT2D eigenvalue weighted by Gasteiger charge is -2.08. The van der Waals surface area contributed by atoms with Gasteiger partial charge in [0.15, 0.2) is 18.1 Å². The Morgan fingerprint density at radius 3 is 2.45 bits per heavy atom. The number of nitrogens with zero attached hydrogens (tertiary/aromatic N) is 1. The normalized spacial score (nSPS) is 10.8. The fourth-order valence-electron chi connectivity index (χ4n) is 2.61. The van der Waals surface area contributed by atoms with Gasteiger partial charge in [0.2, 0.25) is 0 Å². The molecule has 0 heterocycles. The van der Waals surface area contributed by atoms with Crippen molar-refractivity contribution < 1.29 is 23.8 Å². The van der Waals surface area contributed by atoms with E-state index in [1.807, 2.05) is 30.3 Å². The molecule has 0 aromatic heterocycles. The molecular formula is C25H21ClN2O5. The quantitative estimate of drug-likeness (QED) is 0.166. The number of carbonyl (C=O) groups excluding carboxylic acids is 2. The van der Waals surface area contributed by atoms with Crippen LogP contribution in [0.5, 0.6) is 17.2 Å². The van der Waals surface area contributed by atoms with Gasteiger partial charge in [-0.25, -0.2) is 10.2 Å². The number of esters is 1. The van der Waals surface area contributed by atoms with Gasteiger partial charge in [0, 0.05) is 11.1 Å². The fraction of sp³-hybridized carbons (Fsp3) is 0.0800. The Kier molecular flexibility index (Phi) is 8.62. The number of amides is 1. The number of hydrogen-bond donors (Lipinski definition) is 1. The summed E-state index contributed by atoms with van der Waals surface area (Å²) in [7, 11) is 1.46. The number of benzene rings is 3. The highest BCUT2D eigenvalue weighted by Crippen LogP contribution is 2.27. The summed E-state index contributed by atoms with van der Waals surface area (Å²) in [5.74, 6) is 0.165. The van der Waals surface area contributed by atoms with Crippen LogP contribution in [0.3, 0.4) is 0 Å². The molecule has 0 aliphatic carbocycles. The first kappa shape index (κ1) is 23.6. The molecule has 0 aliphatic rings. The zero-order valence-electron chi connectivity index (χ0n) is 17.7. The molecule has 0 saturated carbocycles. The standard InChI is InChI=1S/C25H21ClN2O5/c1-31-23-15-19(16-27-28-24(29)17-32-21-11-9-20(26)10-12-21)7-13-22(23)33-25(30)14-8-18-5-3-2-4-6-18/h2-16H,17H2,1H3,(H,28,29). The van der Waals surface area contributed by atoms with E-state index in [9.17, 15) is 9.59 Å². The molecule has 1 N–H and O–H groups in total. The van der Waals surface area contributed by atoms with Crippen LogP contribution in [0.2, 0.25) is 5.02 Å². The zero-order chi connectivity index (χ0) is 23.5. The van der Waals surface area contributed by atoms with E-state index in [0.717, 1.165) is 5.56 Å². The first-order valence-electron chi connectivity index (χ1n) is 9.87. The van der Waals surface area contributed by atoms with Crippen LogP contribution in [0.25, 0.3) is 6.08 Å². The minimum Gasteiger partial charge on any atom is -0.493 e. The minimum absolute atomic E-state index is 0.201. The molecule has 0 fully saturated rings. The van der Waals surface area contributed by atoms with Crippen LogP contribution < -0.4 is 19.6 Å². The topological polar surface area (TPSA) is 86.2 Å². The third-order valence-corrected chi connectivity index (χ3v) is 4.45. The second kappa shape index (κ2) is 12.1. The molecule has 8 heteroatoms. The number of hydrazone groups is 1. The summed E-state index contributed by atoms with van der Waals surface area (Å²) >= 11 is 5.80. The third-order valence-electron chi connectivity index (χ3n) is 4.20. The summed E-state index contributed by atoms with van der Waals surface area (Å²) in [5.41, 5.74) is 3.89. The van der Waals surface area contributed by atoms with Crippen molar-refractivity contribution in [1.82, 2.24) is 5.43 Å². The highest BCUT2D eigenvalue weighted by Gasteiger charge is 2.09. The Labute approximate surface area is 196 Å². The van der Waals surface area contributed by atoms with E-state index in [4.69, 9.17) is 25.8 Å². The van der Waals surface area contributed by atoms with E-state index in [1.54, 1.807) is 48.5 Å². The van der Waals surface area contributed by atoms with Gasteiger partial charge in [0.1, 0.15) is 5.75 Å². The molecule has 33 heavy (non-hydrogen) atoms. The van der Waals surface area contributed by atoms with E-state index in [0.29, 0.717) is 22.1 Å². The van der Waals surface area contributed by atoms with Gasteiger partial charge in [-0.15, -0.1) is 0 Å². The molecule has 3 aromatic carbocycles. The zero-order valence-corrected chi connectivity index (χ0v) is 18.5. The lowest BCUT2D eigenvalue weighted by Crippen LogP contribution is -2.24. The number of halogens is 1. The lowest BCUT2D eigenvalue weighted by atomic mass is 10.2. The minimum atomic E-state index is -0.536. The van der Waals surface area contributed by atoms with E-state index < -0.39 is 11.9 Å². The van der Waals surface area contributed by atoms with Crippen molar-refractivity contribution in [3.63, 3.8) is 0 Å². The van der Waals surface area contributed by atoms with Crippen molar-refractivity contribution in [3.05, 3.63) is 95.0 Å². The Balaban J connectivity index is 1.52. The highest BCUT2D eigenvalue weighted by atomic mass is 35.5. The van der Waals surface area contributed by atoms with Crippen molar-refractivity contribution in [2.75, 3.05) is 13.7 Å². The van der Waals surface area contributed by atoms with E-state index in [-0.39, 0.29) is 12.4 Å². The van der Waals surface area contributed by atoms with Crippen molar-refractivity contribution in [3.8, 4) is 17.2 Å². The number of methoxy groups -OCH3 is 1. The van der Waals surface area contributed by atoms with Crippen molar-refractivity contribution in [2.24, 2.45) is 5.10 Å². The highest BCUT2D eigenvalue weighted by molar-refractivity contribution is 6.30. The molecule has 0 saturated heterocycles. The Bertz CT molecular complexity index is 1150. The van der Waals surface area contributed by atoms with Crippen molar-refractivity contribution in [1.29, 1.82) is 0 Å². The van der Waals surface area contributed by atoms with Gasteiger partial charge in [-0.3, -0.25) is 4.79 Å². The average Bonchev–Trinajstić information content (AvgIpc) is 2.84. The molecule has 0 unspecified atom stereocenters. The predicted molar refractivity (Wildman–Crippen MR) is 127 cm³/mol. The summed E-state index contributed by atoms with van der Waals surface area (Å²) in [6.45, 7) is -0.201. The molecule has 0 spiro atoms. The number of hydrogen-bond acceptors (Lipinski definition) is 6. The predicted octanol–water partition coefficient (Wildman–Crippen LogP) is 4.50. The SMILES string of the molecule is COc1cc(C=NNC(=O)COc2ccc(Cl)cc2)ccc1OC(=O)C=Cc1ccccc1. The van der Waals surface area contributed by atoms with Gasteiger partial charge in [-0.1, -0.05) is 41.9 Å². The maximum absolute atomic E-state index is 12.1. The largest absolute Gasteiger partial charge is 0.493 e. The van der Waals surface area contributed by atoms with Crippen molar-refractivity contribution in [2.45, 2.75) is 0 Å². The van der Waals surface area contributed by atoms with Crippen LogP contribution in [0.1, 0.15) is 11.1 Å². The maximum Gasteiger partial charge on any atom is 0.336 e. The van der Waals surface area contributed by atoms with Crippen LogP contribution >= 0.6 is 11.6 Å². The smallest absolute Gasteiger partial charge is 0.336 e. The molecule has 1 amide bonds. The van der Waals surface area contributed by atoms with Gasteiger partial charge >= 0.3 is 5.97 Å².